The van der Waals surface area contributed by atoms with E-state index in [1.165, 1.54) is 6.33 Å². The number of hydrogen-bond acceptors (Lipinski definition) is 8. The lowest BCUT2D eigenvalue weighted by molar-refractivity contribution is -0.140. The second kappa shape index (κ2) is 8.44. The van der Waals surface area contributed by atoms with E-state index >= 15 is 0 Å². The van der Waals surface area contributed by atoms with Crippen molar-refractivity contribution in [2.24, 2.45) is 0 Å². The highest BCUT2D eigenvalue weighted by molar-refractivity contribution is 7.11. The molecule has 1 saturated heterocycles. The zero-order chi connectivity index (χ0) is 21.3. The second-order valence-electron chi connectivity index (χ2n) is 7.26. The fourth-order valence-electron chi connectivity index (χ4n) is 3.35. The van der Waals surface area contributed by atoms with Crippen molar-refractivity contribution in [3.63, 3.8) is 0 Å². The van der Waals surface area contributed by atoms with Crippen LogP contribution in [0.15, 0.2) is 12.5 Å². The molecule has 3 aromatic heterocycles. The summed E-state index contributed by atoms with van der Waals surface area (Å²) in [6, 6.07) is 0. The van der Waals surface area contributed by atoms with E-state index in [0.29, 0.717) is 56.6 Å². The number of thiazole rings is 1. The van der Waals surface area contributed by atoms with Gasteiger partial charge in [0.25, 0.3) is 0 Å². The van der Waals surface area contributed by atoms with E-state index in [2.05, 4.69) is 19.9 Å². The lowest BCUT2D eigenvalue weighted by Gasteiger charge is -2.28. The number of fused-ring (bicyclic) bond motifs is 1. The maximum absolute atomic E-state index is 13.0. The van der Waals surface area contributed by atoms with Crippen LogP contribution in [0.5, 0.6) is 0 Å². The predicted octanol–water partition coefficient (Wildman–Crippen LogP) is 2.62. The van der Waals surface area contributed by atoms with Gasteiger partial charge >= 0.3 is 6.18 Å². The third-order valence-corrected chi connectivity index (χ3v) is 5.54. The first-order chi connectivity index (χ1) is 14.3. The molecule has 0 amide bonds. The summed E-state index contributed by atoms with van der Waals surface area (Å²) in [5, 5.41) is 0.964. The summed E-state index contributed by atoms with van der Waals surface area (Å²) in [7, 11) is 1.91. The van der Waals surface area contributed by atoms with Crippen molar-refractivity contribution in [2.45, 2.75) is 32.7 Å². The Morgan fingerprint density at radius 2 is 1.93 bits per heavy atom. The van der Waals surface area contributed by atoms with Crippen molar-refractivity contribution in [3.05, 3.63) is 28.2 Å². The Bertz CT molecular complexity index is 1010. The zero-order valence-corrected chi connectivity index (χ0v) is 17.5. The maximum atomic E-state index is 13.0. The van der Waals surface area contributed by atoms with Gasteiger partial charge in [0.1, 0.15) is 17.4 Å². The molecule has 3 aromatic rings. The zero-order valence-electron chi connectivity index (χ0n) is 16.7. The summed E-state index contributed by atoms with van der Waals surface area (Å²) in [4.78, 5) is 22.8. The third-order valence-electron chi connectivity index (χ3n) is 4.64. The van der Waals surface area contributed by atoms with Gasteiger partial charge in [-0.1, -0.05) is 0 Å². The Labute approximate surface area is 175 Å². The Kier molecular flexibility index (Phi) is 5.89. The van der Waals surface area contributed by atoms with E-state index in [1.807, 2.05) is 30.0 Å². The molecule has 0 saturated carbocycles. The summed E-state index contributed by atoms with van der Waals surface area (Å²) in [6.45, 7) is 4.11. The van der Waals surface area contributed by atoms with Crippen molar-refractivity contribution in [1.29, 1.82) is 0 Å². The van der Waals surface area contributed by atoms with Crippen molar-refractivity contribution in [2.75, 3.05) is 38.3 Å². The van der Waals surface area contributed by atoms with Crippen LogP contribution < -0.4 is 4.90 Å². The molecule has 1 aliphatic heterocycles. The van der Waals surface area contributed by atoms with Crippen molar-refractivity contribution in [3.8, 4) is 0 Å². The van der Waals surface area contributed by atoms with Gasteiger partial charge in [0.15, 0.2) is 17.0 Å². The quantitative estimate of drug-likeness (QED) is 0.582. The minimum absolute atomic E-state index is 0.192. The predicted molar refractivity (Wildman–Crippen MR) is 106 cm³/mol. The Morgan fingerprint density at radius 1 is 1.17 bits per heavy atom. The number of morpholine rings is 1. The average Bonchev–Trinajstić information content (AvgIpc) is 3.26. The number of hydrogen-bond donors (Lipinski definition) is 0. The molecule has 162 valence electrons. The largest absolute Gasteiger partial charge is 0.406 e. The molecule has 12 heteroatoms. The number of rotatable bonds is 6. The van der Waals surface area contributed by atoms with Crippen LogP contribution in [0.3, 0.4) is 0 Å². The molecular formula is C18H22F3N7OS. The molecule has 0 bridgehead atoms. The van der Waals surface area contributed by atoms with E-state index in [1.54, 1.807) is 11.3 Å². The van der Waals surface area contributed by atoms with Gasteiger partial charge in [-0.3, -0.25) is 4.90 Å². The van der Waals surface area contributed by atoms with Crippen LogP contribution in [0.4, 0.5) is 19.0 Å². The van der Waals surface area contributed by atoms with Crippen LogP contribution in [0, 0.1) is 6.92 Å². The van der Waals surface area contributed by atoms with Crippen LogP contribution in [-0.4, -0.2) is 68.9 Å². The number of nitrogens with zero attached hydrogens (tertiary/aromatic N) is 7. The number of alkyl halides is 3. The standard InChI is InChI=1S/C18H22F3N7OS/c1-12-7-22-14(30-12)9-26(2)8-13-24-16(27-3-5-29-6-4-27)15-17(25-13)28(11-23-15)10-18(19,20)21/h7,11H,3-6,8-10H2,1-2H3. The van der Waals surface area contributed by atoms with Gasteiger partial charge in [0, 0.05) is 24.2 Å². The van der Waals surface area contributed by atoms with Crippen LogP contribution in [0.2, 0.25) is 0 Å². The molecule has 4 rings (SSSR count). The minimum Gasteiger partial charge on any atom is -0.378 e. The Balaban J connectivity index is 1.66. The first kappa shape index (κ1) is 20.9. The minimum atomic E-state index is -4.36. The maximum Gasteiger partial charge on any atom is 0.406 e. The molecular weight excluding hydrogens is 419 g/mol. The average molecular weight is 441 g/mol. The number of anilines is 1. The van der Waals surface area contributed by atoms with Crippen molar-refractivity contribution < 1.29 is 17.9 Å². The summed E-state index contributed by atoms with van der Waals surface area (Å²) < 4.78 is 45.5. The first-order valence-corrected chi connectivity index (χ1v) is 10.3. The van der Waals surface area contributed by atoms with E-state index in [4.69, 9.17) is 4.74 Å². The van der Waals surface area contributed by atoms with E-state index < -0.39 is 12.7 Å². The SMILES string of the molecule is Cc1cnc(CN(C)Cc2nc(N3CCOCC3)c3ncn(CC(F)(F)F)c3n2)s1. The molecule has 30 heavy (non-hydrogen) atoms. The van der Waals surface area contributed by atoms with Crippen molar-refractivity contribution in [1.82, 2.24) is 29.4 Å². The molecule has 8 nitrogen and oxygen atoms in total. The second-order valence-corrected chi connectivity index (χ2v) is 8.58. The van der Waals surface area contributed by atoms with E-state index in [9.17, 15) is 13.2 Å². The molecule has 0 aromatic carbocycles. The fraction of sp³-hybridized carbons (Fsp3) is 0.556. The molecule has 0 unspecified atom stereocenters. The third kappa shape index (κ3) is 4.87. The first-order valence-electron chi connectivity index (χ1n) is 9.49. The van der Waals surface area contributed by atoms with Gasteiger partial charge < -0.3 is 14.2 Å². The molecule has 0 atom stereocenters. The highest BCUT2D eigenvalue weighted by atomic mass is 32.1. The molecule has 0 radical (unpaired) electrons. The van der Waals surface area contributed by atoms with Crippen molar-refractivity contribution >= 4 is 28.3 Å². The summed E-state index contributed by atoms with van der Waals surface area (Å²) in [5.74, 6) is 1.00. The molecule has 1 aliphatic rings. The van der Waals surface area contributed by atoms with Gasteiger partial charge in [-0.15, -0.1) is 11.3 Å². The molecule has 0 spiro atoms. The molecule has 4 heterocycles. The van der Waals surface area contributed by atoms with Gasteiger partial charge in [-0.05, 0) is 14.0 Å². The summed E-state index contributed by atoms with van der Waals surface area (Å²) >= 11 is 1.61. The van der Waals surface area contributed by atoms with Gasteiger partial charge in [0.2, 0.25) is 0 Å². The topological polar surface area (TPSA) is 72.2 Å². The number of imidazole rings is 1. The van der Waals surface area contributed by atoms with Gasteiger partial charge in [0.05, 0.1) is 32.6 Å². The molecule has 0 aliphatic carbocycles. The van der Waals surface area contributed by atoms with E-state index in [-0.39, 0.29) is 5.65 Å². The van der Waals surface area contributed by atoms with Gasteiger partial charge in [-0.25, -0.2) is 19.9 Å². The fourth-order valence-corrected chi connectivity index (χ4v) is 4.22. The number of aromatic nitrogens is 5. The van der Waals surface area contributed by atoms with Crippen LogP contribution in [0.1, 0.15) is 15.7 Å². The number of aryl methyl sites for hydroxylation is 1. The highest BCUT2D eigenvalue weighted by Crippen LogP contribution is 2.27. The van der Waals surface area contributed by atoms with E-state index in [0.717, 1.165) is 14.5 Å². The van der Waals surface area contributed by atoms with Gasteiger partial charge in [-0.2, -0.15) is 13.2 Å². The number of ether oxygens (including phenoxy) is 1. The normalized spacial score (nSPS) is 15.5. The lowest BCUT2D eigenvalue weighted by atomic mass is 10.3. The van der Waals surface area contributed by atoms with Crippen LogP contribution in [0.25, 0.3) is 11.2 Å². The lowest BCUT2D eigenvalue weighted by Crippen LogP contribution is -2.37. The van der Waals surface area contributed by atoms with Crippen LogP contribution in [-0.2, 0) is 24.4 Å². The molecule has 1 fully saturated rings. The Hall–Kier alpha value is -2.31. The number of halogens is 3. The monoisotopic (exact) mass is 441 g/mol. The highest BCUT2D eigenvalue weighted by Gasteiger charge is 2.30. The summed E-state index contributed by atoms with van der Waals surface area (Å²) in [6.07, 6.45) is -1.36. The Morgan fingerprint density at radius 3 is 2.60 bits per heavy atom. The summed E-state index contributed by atoms with van der Waals surface area (Å²) in [5.41, 5.74) is 0.570. The molecule has 0 N–H and O–H groups in total. The van der Waals surface area contributed by atoms with Crippen LogP contribution >= 0.6 is 11.3 Å². The smallest absolute Gasteiger partial charge is 0.378 e.